The molecule has 1 aliphatic heterocycles. The number of nitrogens with zero attached hydrogens (tertiary/aromatic N) is 1. The standard InChI is InChI=1S/C11H10N2O2S2/c1-6-3-4-7(17-6)5-8-9(14)12-11(16)13(2)10(8)15/h3-5H,1-2H3,(H,12,14,16)/b8-5+. The minimum atomic E-state index is -0.441. The van der Waals surface area contributed by atoms with Crippen LogP contribution in [0.1, 0.15) is 9.75 Å². The largest absolute Gasteiger partial charge is 0.298 e. The van der Waals surface area contributed by atoms with Crippen molar-refractivity contribution >= 4 is 46.6 Å². The summed E-state index contributed by atoms with van der Waals surface area (Å²) in [5, 5.41) is 2.61. The first-order valence-electron chi connectivity index (χ1n) is 4.90. The van der Waals surface area contributed by atoms with E-state index in [0.29, 0.717) is 0 Å². The molecular formula is C11H10N2O2S2. The maximum Gasteiger partial charge on any atom is 0.265 e. The Labute approximate surface area is 108 Å². The van der Waals surface area contributed by atoms with Gasteiger partial charge in [0.25, 0.3) is 11.8 Å². The molecular weight excluding hydrogens is 256 g/mol. The van der Waals surface area contributed by atoms with E-state index < -0.39 is 5.91 Å². The highest BCUT2D eigenvalue weighted by atomic mass is 32.1. The molecule has 2 amide bonds. The summed E-state index contributed by atoms with van der Waals surface area (Å²) in [6, 6.07) is 3.82. The first-order chi connectivity index (χ1) is 7.99. The SMILES string of the molecule is Cc1ccc(/C=C2\C(=O)NC(=S)N(C)C2=O)s1. The lowest BCUT2D eigenvalue weighted by Crippen LogP contribution is -2.52. The second-order valence-electron chi connectivity index (χ2n) is 3.63. The lowest BCUT2D eigenvalue weighted by atomic mass is 10.1. The molecule has 1 aromatic rings. The van der Waals surface area contributed by atoms with Crippen LogP contribution in [-0.2, 0) is 9.59 Å². The zero-order valence-corrected chi connectivity index (χ0v) is 10.9. The van der Waals surface area contributed by atoms with Crippen molar-refractivity contribution in [2.75, 3.05) is 7.05 Å². The van der Waals surface area contributed by atoms with Crippen LogP contribution in [0, 0.1) is 6.92 Å². The Bertz CT molecular complexity index is 545. The zero-order chi connectivity index (χ0) is 12.6. The van der Waals surface area contributed by atoms with Gasteiger partial charge in [-0.3, -0.25) is 19.8 Å². The monoisotopic (exact) mass is 266 g/mol. The van der Waals surface area contributed by atoms with Crippen molar-refractivity contribution < 1.29 is 9.59 Å². The fraction of sp³-hybridized carbons (Fsp3) is 0.182. The fourth-order valence-corrected chi connectivity index (χ4v) is 2.42. The van der Waals surface area contributed by atoms with Crippen LogP contribution in [0.15, 0.2) is 17.7 Å². The average Bonchev–Trinajstić information content (AvgIpc) is 2.67. The average molecular weight is 266 g/mol. The molecule has 0 radical (unpaired) electrons. The number of hydrogen-bond acceptors (Lipinski definition) is 4. The number of thiophene rings is 1. The highest BCUT2D eigenvalue weighted by molar-refractivity contribution is 7.80. The Kier molecular flexibility index (Phi) is 3.08. The van der Waals surface area contributed by atoms with E-state index in [1.807, 2.05) is 19.1 Å². The minimum absolute atomic E-state index is 0.114. The van der Waals surface area contributed by atoms with Gasteiger partial charge in [-0.05, 0) is 37.4 Å². The molecule has 0 atom stereocenters. The van der Waals surface area contributed by atoms with Gasteiger partial charge in [-0.2, -0.15) is 0 Å². The summed E-state index contributed by atoms with van der Waals surface area (Å²) in [6.07, 6.45) is 1.59. The summed E-state index contributed by atoms with van der Waals surface area (Å²) in [7, 11) is 1.54. The predicted molar refractivity (Wildman–Crippen MR) is 70.5 cm³/mol. The Hall–Kier alpha value is -1.53. The molecule has 2 heterocycles. The van der Waals surface area contributed by atoms with E-state index in [2.05, 4.69) is 5.32 Å². The molecule has 0 aromatic carbocycles. The van der Waals surface area contributed by atoms with Crippen molar-refractivity contribution in [1.29, 1.82) is 0 Å². The van der Waals surface area contributed by atoms with Crippen LogP contribution in [0.4, 0.5) is 0 Å². The maximum absolute atomic E-state index is 11.9. The van der Waals surface area contributed by atoms with E-state index in [4.69, 9.17) is 12.2 Å². The molecule has 0 saturated carbocycles. The Morgan fingerprint density at radius 1 is 1.41 bits per heavy atom. The summed E-state index contributed by atoms with van der Waals surface area (Å²) >= 11 is 6.38. The van der Waals surface area contributed by atoms with Crippen LogP contribution in [0.3, 0.4) is 0 Å². The van der Waals surface area contributed by atoms with Crippen LogP contribution in [-0.4, -0.2) is 28.9 Å². The van der Waals surface area contributed by atoms with E-state index in [9.17, 15) is 9.59 Å². The number of nitrogens with one attached hydrogen (secondary N) is 1. The number of likely N-dealkylation sites (N-methyl/N-ethyl adjacent to an activating group) is 1. The zero-order valence-electron chi connectivity index (χ0n) is 9.31. The summed E-state index contributed by atoms with van der Waals surface area (Å²) in [5.74, 6) is -0.811. The van der Waals surface area contributed by atoms with E-state index in [1.165, 1.54) is 23.3 Å². The topological polar surface area (TPSA) is 49.4 Å². The number of hydrogen-bond donors (Lipinski definition) is 1. The molecule has 2 rings (SSSR count). The molecule has 1 N–H and O–H groups in total. The van der Waals surface area contributed by atoms with Crippen molar-refractivity contribution in [3.63, 3.8) is 0 Å². The number of thiocarbonyl (C=S) groups is 1. The quantitative estimate of drug-likeness (QED) is 0.474. The second kappa shape index (κ2) is 4.38. The van der Waals surface area contributed by atoms with Crippen molar-refractivity contribution in [2.24, 2.45) is 0 Å². The van der Waals surface area contributed by atoms with Gasteiger partial charge < -0.3 is 0 Å². The van der Waals surface area contributed by atoms with Crippen LogP contribution in [0.25, 0.3) is 6.08 Å². The van der Waals surface area contributed by atoms with Crippen molar-refractivity contribution in [3.8, 4) is 0 Å². The third-order valence-electron chi connectivity index (χ3n) is 2.35. The Morgan fingerprint density at radius 2 is 2.12 bits per heavy atom. The summed E-state index contributed by atoms with van der Waals surface area (Å²) in [6.45, 7) is 1.97. The first kappa shape index (κ1) is 11.9. The number of carbonyl (C=O) groups excluding carboxylic acids is 2. The van der Waals surface area contributed by atoms with Crippen molar-refractivity contribution in [1.82, 2.24) is 10.2 Å². The molecule has 0 spiro atoms. The molecule has 0 bridgehead atoms. The molecule has 1 saturated heterocycles. The lowest BCUT2D eigenvalue weighted by Gasteiger charge is -2.24. The van der Waals surface area contributed by atoms with Gasteiger partial charge in [0.1, 0.15) is 5.57 Å². The number of aryl methyl sites for hydroxylation is 1. The highest BCUT2D eigenvalue weighted by Crippen LogP contribution is 2.20. The van der Waals surface area contributed by atoms with Crippen LogP contribution >= 0.6 is 23.6 Å². The predicted octanol–water partition coefficient (Wildman–Crippen LogP) is 1.31. The number of carbonyl (C=O) groups is 2. The van der Waals surface area contributed by atoms with E-state index in [1.54, 1.807) is 6.08 Å². The number of rotatable bonds is 1. The van der Waals surface area contributed by atoms with Crippen LogP contribution in [0.2, 0.25) is 0 Å². The van der Waals surface area contributed by atoms with E-state index in [0.717, 1.165) is 9.75 Å². The fourth-order valence-electron chi connectivity index (χ4n) is 1.42. The third kappa shape index (κ3) is 2.27. The smallest absolute Gasteiger partial charge is 0.265 e. The summed E-state index contributed by atoms with van der Waals surface area (Å²) in [4.78, 5) is 26.8. The molecule has 1 fully saturated rings. The molecule has 4 nitrogen and oxygen atoms in total. The molecule has 17 heavy (non-hydrogen) atoms. The summed E-state index contributed by atoms with van der Waals surface area (Å²) in [5.41, 5.74) is 0.114. The first-order valence-corrected chi connectivity index (χ1v) is 6.13. The van der Waals surface area contributed by atoms with Gasteiger partial charge in [0, 0.05) is 16.8 Å². The van der Waals surface area contributed by atoms with Crippen LogP contribution in [0.5, 0.6) is 0 Å². The van der Waals surface area contributed by atoms with Gasteiger partial charge in [0.05, 0.1) is 0 Å². The summed E-state index contributed by atoms with van der Waals surface area (Å²) < 4.78 is 0. The molecule has 88 valence electrons. The van der Waals surface area contributed by atoms with Gasteiger partial charge in [-0.15, -0.1) is 11.3 Å². The highest BCUT2D eigenvalue weighted by Gasteiger charge is 2.30. The van der Waals surface area contributed by atoms with Gasteiger partial charge in [-0.1, -0.05) is 0 Å². The van der Waals surface area contributed by atoms with Gasteiger partial charge in [0.15, 0.2) is 5.11 Å². The maximum atomic E-state index is 11.9. The minimum Gasteiger partial charge on any atom is -0.298 e. The molecule has 6 heteroatoms. The van der Waals surface area contributed by atoms with E-state index >= 15 is 0 Å². The second-order valence-corrected chi connectivity index (χ2v) is 5.34. The van der Waals surface area contributed by atoms with Gasteiger partial charge in [-0.25, -0.2) is 0 Å². The molecule has 1 aromatic heterocycles. The Morgan fingerprint density at radius 3 is 2.71 bits per heavy atom. The van der Waals surface area contributed by atoms with Gasteiger partial charge >= 0.3 is 0 Å². The lowest BCUT2D eigenvalue weighted by molar-refractivity contribution is -0.128. The molecule has 0 aliphatic carbocycles. The van der Waals surface area contributed by atoms with Crippen molar-refractivity contribution in [3.05, 3.63) is 27.5 Å². The van der Waals surface area contributed by atoms with E-state index in [-0.39, 0.29) is 16.6 Å². The molecule has 1 aliphatic rings. The van der Waals surface area contributed by atoms with Crippen LogP contribution < -0.4 is 5.32 Å². The third-order valence-corrected chi connectivity index (χ3v) is 3.68. The Balaban J connectivity index is 2.37. The van der Waals surface area contributed by atoms with Gasteiger partial charge in [0.2, 0.25) is 0 Å². The van der Waals surface area contributed by atoms with Crippen molar-refractivity contribution in [2.45, 2.75) is 6.92 Å². The number of amides is 2. The molecule has 0 unspecified atom stereocenters. The normalized spacial score (nSPS) is 18.8.